The highest BCUT2D eigenvalue weighted by Crippen LogP contribution is 2.30. The Morgan fingerprint density at radius 3 is 2.19 bits per heavy atom. The van der Waals surface area contributed by atoms with Crippen LogP contribution in [0.2, 0.25) is 0 Å². The van der Waals surface area contributed by atoms with Gasteiger partial charge in [-0.2, -0.15) is 0 Å². The van der Waals surface area contributed by atoms with Gasteiger partial charge in [-0.1, -0.05) is 6.07 Å². The summed E-state index contributed by atoms with van der Waals surface area (Å²) in [5.74, 6) is -3.54. The minimum Gasteiger partial charge on any atom is -0.478 e. The van der Waals surface area contributed by atoms with E-state index < -0.39 is 17.9 Å². The summed E-state index contributed by atoms with van der Waals surface area (Å²) in [6.45, 7) is 0. The van der Waals surface area contributed by atoms with Crippen molar-refractivity contribution in [2.75, 3.05) is 5.32 Å². The maximum Gasteiger partial charge on any atom is 0.339 e. The maximum absolute atomic E-state index is 11.6. The summed E-state index contributed by atoms with van der Waals surface area (Å²) in [5.41, 5.74) is 0.715. The fourth-order valence-electron chi connectivity index (χ4n) is 2.50. The first-order valence-corrected chi connectivity index (χ1v) is 7.36. The first-order valence-electron chi connectivity index (χ1n) is 7.36. The molecule has 3 aromatic rings. The maximum atomic E-state index is 11.6. The fraction of sp³-hybridized carbons (Fsp3) is 0. The standard InChI is InChI=1S/C18H12N2O6/c21-16(22)9-2-1-3-11(6-9)20-15-12-7-10(17(23)24)4-5-14(12)19-8-13(15)18(25)26/h1-8H,(H,19,20)(H,21,22)(H,23,24)(H,25,26). The van der Waals surface area contributed by atoms with Gasteiger partial charge < -0.3 is 20.6 Å². The smallest absolute Gasteiger partial charge is 0.339 e. The van der Waals surface area contributed by atoms with E-state index in [1.54, 1.807) is 6.07 Å². The summed E-state index contributed by atoms with van der Waals surface area (Å²) < 4.78 is 0. The number of carboxylic acid groups (broad SMARTS) is 3. The third-order valence-electron chi connectivity index (χ3n) is 3.72. The lowest BCUT2D eigenvalue weighted by Gasteiger charge is -2.13. The predicted octanol–water partition coefficient (Wildman–Crippen LogP) is 3.07. The Kier molecular flexibility index (Phi) is 4.24. The molecule has 130 valence electrons. The van der Waals surface area contributed by atoms with Crippen LogP contribution in [0.1, 0.15) is 31.1 Å². The second-order valence-electron chi connectivity index (χ2n) is 5.40. The summed E-state index contributed by atoms with van der Waals surface area (Å²) in [4.78, 5) is 37.9. The van der Waals surface area contributed by atoms with E-state index in [0.717, 1.165) is 6.20 Å². The van der Waals surface area contributed by atoms with Crippen LogP contribution >= 0.6 is 0 Å². The number of fused-ring (bicyclic) bond motifs is 1. The molecule has 3 rings (SSSR count). The molecule has 0 saturated carbocycles. The Morgan fingerprint density at radius 2 is 1.54 bits per heavy atom. The Labute approximate surface area is 146 Å². The summed E-state index contributed by atoms with van der Waals surface area (Å²) in [5, 5.41) is 30.9. The predicted molar refractivity (Wildman–Crippen MR) is 92.3 cm³/mol. The number of aromatic carboxylic acids is 3. The van der Waals surface area contributed by atoms with E-state index in [0.29, 0.717) is 16.6 Å². The highest BCUT2D eigenvalue weighted by molar-refractivity contribution is 6.07. The zero-order valence-electron chi connectivity index (χ0n) is 13.1. The van der Waals surface area contributed by atoms with E-state index in [1.807, 2.05) is 0 Å². The number of carbonyl (C=O) groups is 3. The van der Waals surface area contributed by atoms with Crippen LogP contribution in [0, 0.1) is 0 Å². The van der Waals surface area contributed by atoms with Crippen LogP contribution in [0.3, 0.4) is 0 Å². The van der Waals surface area contributed by atoms with Crippen molar-refractivity contribution in [2.45, 2.75) is 0 Å². The molecule has 0 aliphatic heterocycles. The minimum atomic E-state index is -1.25. The van der Waals surface area contributed by atoms with Crippen LogP contribution < -0.4 is 5.32 Å². The van der Waals surface area contributed by atoms with Gasteiger partial charge in [0.05, 0.1) is 22.3 Å². The lowest BCUT2D eigenvalue weighted by molar-refractivity contribution is 0.0686. The molecule has 0 spiro atoms. The van der Waals surface area contributed by atoms with Gasteiger partial charge in [0, 0.05) is 17.3 Å². The van der Waals surface area contributed by atoms with Gasteiger partial charge in [-0.3, -0.25) is 4.98 Å². The Hall–Kier alpha value is -3.94. The average molecular weight is 352 g/mol. The molecule has 0 unspecified atom stereocenters. The number of anilines is 2. The number of aromatic nitrogens is 1. The first kappa shape index (κ1) is 16.9. The van der Waals surface area contributed by atoms with Crippen molar-refractivity contribution >= 4 is 40.2 Å². The number of hydrogen-bond donors (Lipinski definition) is 4. The van der Waals surface area contributed by atoms with Gasteiger partial charge in [-0.05, 0) is 36.4 Å². The van der Waals surface area contributed by atoms with E-state index in [9.17, 15) is 24.6 Å². The van der Waals surface area contributed by atoms with Crippen LogP contribution in [0.4, 0.5) is 11.4 Å². The second-order valence-corrected chi connectivity index (χ2v) is 5.40. The highest BCUT2D eigenvalue weighted by Gasteiger charge is 2.17. The van der Waals surface area contributed by atoms with Crippen LogP contribution in [0.5, 0.6) is 0 Å². The first-order chi connectivity index (χ1) is 12.4. The molecule has 8 nitrogen and oxygen atoms in total. The zero-order valence-corrected chi connectivity index (χ0v) is 13.1. The SMILES string of the molecule is O=C(O)c1cccc(Nc2c(C(=O)O)cnc3ccc(C(=O)O)cc23)c1. The Balaban J connectivity index is 2.21. The molecule has 0 atom stereocenters. The molecule has 8 heteroatoms. The molecular weight excluding hydrogens is 340 g/mol. The molecule has 0 saturated heterocycles. The molecule has 0 aliphatic rings. The van der Waals surface area contributed by atoms with E-state index in [2.05, 4.69) is 10.3 Å². The number of nitrogens with zero attached hydrogens (tertiary/aromatic N) is 1. The highest BCUT2D eigenvalue weighted by atomic mass is 16.4. The van der Waals surface area contributed by atoms with E-state index in [-0.39, 0.29) is 22.4 Å². The zero-order chi connectivity index (χ0) is 18.8. The molecule has 0 fully saturated rings. The number of rotatable bonds is 5. The molecule has 0 bridgehead atoms. The molecule has 0 amide bonds. The Bertz CT molecular complexity index is 1060. The van der Waals surface area contributed by atoms with Gasteiger partial charge in [0.2, 0.25) is 0 Å². The molecular formula is C18H12N2O6. The monoisotopic (exact) mass is 352 g/mol. The topological polar surface area (TPSA) is 137 Å². The summed E-state index contributed by atoms with van der Waals surface area (Å²) in [6, 6.07) is 10.0. The molecule has 0 radical (unpaired) electrons. The lowest BCUT2D eigenvalue weighted by atomic mass is 10.1. The van der Waals surface area contributed by atoms with Crippen molar-refractivity contribution in [1.29, 1.82) is 0 Å². The van der Waals surface area contributed by atoms with E-state index in [4.69, 9.17) is 5.11 Å². The van der Waals surface area contributed by atoms with E-state index in [1.165, 1.54) is 36.4 Å². The third-order valence-corrected chi connectivity index (χ3v) is 3.72. The van der Waals surface area contributed by atoms with Crippen molar-refractivity contribution < 1.29 is 29.7 Å². The fourth-order valence-corrected chi connectivity index (χ4v) is 2.50. The van der Waals surface area contributed by atoms with Crippen molar-refractivity contribution in [1.82, 2.24) is 4.98 Å². The molecule has 0 aliphatic carbocycles. The van der Waals surface area contributed by atoms with Gasteiger partial charge in [0.25, 0.3) is 0 Å². The van der Waals surface area contributed by atoms with Crippen molar-refractivity contribution in [2.24, 2.45) is 0 Å². The lowest BCUT2D eigenvalue weighted by Crippen LogP contribution is -2.06. The van der Waals surface area contributed by atoms with Crippen LogP contribution in [0.25, 0.3) is 10.9 Å². The average Bonchev–Trinajstić information content (AvgIpc) is 2.61. The molecule has 26 heavy (non-hydrogen) atoms. The number of carboxylic acids is 3. The molecule has 4 N–H and O–H groups in total. The van der Waals surface area contributed by atoms with Crippen LogP contribution in [-0.4, -0.2) is 38.2 Å². The van der Waals surface area contributed by atoms with Crippen LogP contribution in [0.15, 0.2) is 48.7 Å². The molecule has 1 heterocycles. The molecule has 2 aromatic carbocycles. The largest absolute Gasteiger partial charge is 0.478 e. The third kappa shape index (κ3) is 3.16. The number of pyridine rings is 1. The number of hydrogen-bond acceptors (Lipinski definition) is 5. The van der Waals surface area contributed by atoms with Gasteiger partial charge in [0.15, 0.2) is 0 Å². The normalized spacial score (nSPS) is 10.5. The van der Waals surface area contributed by atoms with Crippen molar-refractivity contribution in [3.8, 4) is 0 Å². The summed E-state index contributed by atoms with van der Waals surface area (Å²) in [7, 11) is 0. The van der Waals surface area contributed by atoms with Crippen molar-refractivity contribution in [3.05, 3.63) is 65.4 Å². The van der Waals surface area contributed by atoms with Crippen molar-refractivity contribution in [3.63, 3.8) is 0 Å². The van der Waals surface area contributed by atoms with Gasteiger partial charge >= 0.3 is 17.9 Å². The van der Waals surface area contributed by atoms with Gasteiger partial charge in [-0.25, -0.2) is 14.4 Å². The quantitative estimate of drug-likeness (QED) is 0.550. The number of nitrogens with one attached hydrogen (secondary N) is 1. The summed E-state index contributed by atoms with van der Waals surface area (Å²) >= 11 is 0. The molecule has 1 aromatic heterocycles. The van der Waals surface area contributed by atoms with Gasteiger partial charge in [0.1, 0.15) is 5.56 Å². The summed E-state index contributed by atoms with van der Waals surface area (Å²) in [6.07, 6.45) is 1.16. The van der Waals surface area contributed by atoms with Gasteiger partial charge in [-0.15, -0.1) is 0 Å². The Morgan fingerprint density at radius 1 is 0.846 bits per heavy atom. The van der Waals surface area contributed by atoms with E-state index >= 15 is 0 Å². The minimum absolute atomic E-state index is 0.0239. The number of benzene rings is 2. The van der Waals surface area contributed by atoms with Crippen LogP contribution in [-0.2, 0) is 0 Å². The second kappa shape index (κ2) is 6.52.